The Kier molecular flexibility index (Phi) is 6.04. The van der Waals surface area contributed by atoms with Gasteiger partial charge in [0.25, 0.3) is 11.3 Å². The molecule has 0 aliphatic carbocycles. The van der Waals surface area contributed by atoms with Gasteiger partial charge in [0, 0.05) is 6.20 Å². The zero-order chi connectivity index (χ0) is 20.4. The molecule has 0 saturated heterocycles. The summed E-state index contributed by atoms with van der Waals surface area (Å²) in [5.74, 6) is -0.951. The Labute approximate surface area is 154 Å². The molecule has 6 nitrogen and oxygen atoms in total. The van der Waals surface area contributed by atoms with Crippen LogP contribution in [-0.2, 0) is 27.5 Å². The molecular weight excluding hydrogens is 412 g/mol. The van der Waals surface area contributed by atoms with E-state index in [0.717, 1.165) is 42.6 Å². The molecule has 0 heterocycles. The molecule has 2 aromatic carbocycles. The molecule has 0 amide bonds. The van der Waals surface area contributed by atoms with Crippen LogP contribution in [0.15, 0.2) is 53.6 Å². The number of nitrogens with two attached hydrogens (primary N) is 1. The molecule has 146 valence electrons. The van der Waals surface area contributed by atoms with Crippen molar-refractivity contribution in [1.29, 1.82) is 0 Å². The van der Waals surface area contributed by atoms with Crippen molar-refractivity contribution in [3.63, 3.8) is 0 Å². The van der Waals surface area contributed by atoms with E-state index in [4.69, 9.17) is 5.14 Å². The molecule has 1 atom stereocenters. The smallest absolute Gasteiger partial charge is 0.289 e. The van der Waals surface area contributed by atoms with Crippen LogP contribution in [0.5, 0.6) is 0 Å². The molecule has 27 heavy (non-hydrogen) atoms. The monoisotopic (exact) mass is 424 g/mol. The Hall–Kier alpha value is -2.28. The molecule has 0 saturated carbocycles. The molecule has 0 bridgehead atoms. The lowest BCUT2D eigenvalue weighted by molar-refractivity contribution is -0.137. The van der Waals surface area contributed by atoms with Crippen LogP contribution in [0.4, 0.5) is 23.2 Å². The zero-order valence-corrected chi connectivity index (χ0v) is 14.9. The van der Waals surface area contributed by atoms with Gasteiger partial charge in [0.15, 0.2) is 0 Å². The standard InChI is InChI=1S/C15H12F4N2O4S2/c16-12-4-5-13(14(9-12)27(20,24)25)21(26(22)23)7-6-10-2-1-3-11(8-10)15(17,18)19/h1-9H,(H,22,23)(H2,20,24,25). The Morgan fingerprint density at radius 1 is 1.15 bits per heavy atom. The van der Waals surface area contributed by atoms with Crippen molar-refractivity contribution in [3.05, 3.63) is 65.6 Å². The van der Waals surface area contributed by atoms with Gasteiger partial charge in [0.05, 0.1) is 11.3 Å². The predicted molar refractivity (Wildman–Crippen MR) is 91.5 cm³/mol. The lowest BCUT2D eigenvalue weighted by atomic mass is 10.1. The summed E-state index contributed by atoms with van der Waals surface area (Å²) < 4.78 is 96.3. The molecule has 3 N–H and O–H groups in total. The molecule has 0 aliphatic heterocycles. The highest BCUT2D eigenvalue weighted by Gasteiger charge is 2.30. The Morgan fingerprint density at radius 2 is 1.81 bits per heavy atom. The van der Waals surface area contributed by atoms with E-state index in [1.165, 1.54) is 6.07 Å². The molecule has 0 aromatic heterocycles. The highest BCUT2D eigenvalue weighted by molar-refractivity contribution is 7.89. The highest BCUT2D eigenvalue weighted by atomic mass is 32.2. The van der Waals surface area contributed by atoms with Gasteiger partial charge in [-0.1, -0.05) is 12.1 Å². The van der Waals surface area contributed by atoms with Gasteiger partial charge in [-0.25, -0.2) is 26.5 Å². The number of hydrogen-bond donors (Lipinski definition) is 2. The summed E-state index contributed by atoms with van der Waals surface area (Å²) in [6.07, 6.45) is -2.64. The second-order valence-corrected chi connectivity index (χ2v) is 7.54. The zero-order valence-electron chi connectivity index (χ0n) is 13.2. The Balaban J connectivity index is 2.50. The van der Waals surface area contributed by atoms with Crippen molar-refractivity contribution < 1.29 is 34.7 Å². The third-order valence-corrected chi connectivity index (χ3v) is 4.85. The van der Waals surface area contributed by atoms with Gasteiger partial charge >= 0.3 is 6.18 Å². The van der Waals surface area contributed by atoms with Gasteiger partial charge in [-0.15, -0.1) is 0 Å². The van der Waals surface area contributed by atoms with Crippen LogP contribution in [0.25, 0.3) is 6.08 Å². The van der Waals surface area contributed by atoms with E-state index in [2.05, 4.69) is 0 Å². The molecule has 2 aromatic rings. The van der Waals surface area contributed by atoms with Crippen LogP contribution < -0.4 is 9.44 Å². The first-order valence-corrected chi connectivity index (χ1v) is 9.58. The number of primary sulfonamides is 1. The van der Waals surface area contributed by atoms with E-state index in [0.29, 0.717) is 10.4 Å². The number of sulfonamides is 1. The number of anilines is 1. The minimum absolute atomic E-state index is 0.0274. The van der Waals surface area contributed by atoms with Crippen LogP contribution >= 0.6 is 0 Å². The maximum Gasteiger partial charge on any atom is 0.416 e. The quantitative estimate of drug-likeness (QED) is 0.569. The molecule has 0 fully saturated rings. The first-order chi connectivity index (χ1) is 12.4. The Morgan fingerprint density at radius 3 is 2.37 bits per heavy atom. The van der Waals surface area contributed by atoms with Gasteiger partial charge in [-0.3, -0.25) is 4.55 Å². The fraction of sp³-hybridized carbons (Fsp3) is 0.0667. The maximum absolute atomic E-state index is 13.3. The lowest BCUT2D eigenvalue weighted by Crippen LogP contribution is -2.23. The van der Waals surface area contributed by atoms with Crippen LogP contribution in [0, 0.1) is 5.82 Å². The van der Waals surface area contributed by atoms with Crippen LogP contribution in [0.1, 0.15) is 11.1 Å². The molecule has 12 heteroatoms. The van der Waals surface area contributed by atoms with Crippen molar-refractivity contribution in [3.8, 4) is 0 Å². The number of benzene rings is 2. The van der Waals surface area contributed by atoms with Crippen molar-refractivity contribution in [2.45, 2.75) is 11.1 Å². The molecule has 0 spiro atoms. The van der Waals surface area contributed by atoms with Crippen LogP contribution in [0.2, 0.25) is 0 Å². The van der Waals surface area contributed by atoms with E-state index in [-0.39, 0.29) is 5.56 Å². The van der Waals surface area contributed by atoms with E-state index in [1.54, 1.807) is 0 Å². The summed E-state index contributed by atoms with van der Waals surface area (Å²) in [6.45, 7) is 0. The highest BCUT2D eigenvalue weighted by Crippen LogP contribution is 2.30. The summed E-state index contributed by atoms with van der Waals surface area (Å²) >= 11 is -2.82. The summed E-state index contributed by atoms with van der Waals surface area (Å²) in [5, 5.41) is 4.99. The summed E-state index contributed by atoms with van der Waals surface area (Å²) in [5.41, 5.74) is -1.34. The number of nitrogens with zero attached hydrogens (tertiary/aromatic N) is 1. The number of hydrogen-bond acceptors (Lipinski definition) is 3. The second kappa shape index (κ2) is 7.76. The third-order valence-electron chi connectivity index (χ3n) is 3.25. The predicted octanol–water partition coefficient (Wildman–Crippen LogP) is 3.11. The van der Waals surface area contributed by atoms with Crippen molar-refractivity contribution >= 4 is 33.1 Å². The Bertz CT molecular complexity index is 1010. The van der Waals surface area contributed by atoms with Gasteiger partial charge < -0.3 is 0 Å². The maximum atomic E-state index is 13.3. The van der Waals surface area contributed by atoms with Gasteiger partial charge in [0.2, 0.25) is 10.0 Å². The summed E-state index contributed by atoms with van der Waals surface area (Å²) in [6, 6.07) is 6.37. The van der Waals surface area contributed by atoms with Gasteiger partial charge in [-0.2, -0.15) is 13.2 Å². The van der Waals surface area contributed by atoms with Crippen molar-refractivity contribution in [1.82, 2.24) is 0 Å². The number of alkyl halides is 3. The second-order valence-electron chi connectivity index (χ2n) is 5.15. The molecule has 1 unspecified atom stereocenters. The minimum Gasteiger partial charge on any atom is -0.289 e. The van der Waals surface area contributed by atoms with Gasteiger partial charge in [-0.05, 0) is 42.0 Å². The van der Waals surface area contributed by atoms with E-state index >= 15 is 0 Å². The fourth-order valence-electron chi connectivity index (χ4n) is 2.09. The average molecular weight is 424 g/mol. The number of halogens is 4. The molecule has 0 radical (unpaired) electrons. The van der Waals surface area contributed by atoms with Crippen LogP contribution in [-0.4, -0.2) is 17.2 Å². The summed E-state index contributed by atoms with van der Waals surface area (Å²) in [4.78, 5) is -0.765. The molecular formula is C15H12F4N2O4S2. The van der Waals surface area contributed by atoms with E-state index < -0.39 is 49.4 Å². The summed E-state index contributed by atoms with van der Waals surface area (Å²) in [7, 11) is -4.45. The molecule has 0 aliphatic rings. The third kappa shape index (κ3) is 5.35. The minimum atomic E-state index is -4.58. The topological polar surface area (TPSA) is 101 Å². The van der Waals surface area contributed by atoms with Crippen molar-refractivity contribution in [2.75, 3.05) is 4.31 Å². The first kappa shape index (κ1) is 21.0. The fourth-order valence-corrected chi connectivity index (χ4v) is 3.37. The first-order valence-electron chi connectivity index (χ1n) is 6.97. The largest absolute Gasteiger partial charge is 0.416 e. The molecule has 2 rings (SSSR count). The van der Waals surface area contributed by atoms with E-state index in [9.17, 15) is 34.7 Å². The number of rotatable bonds is 5. The van der Waals surface area contributed by atoms with Crippen molar-refractivity contribution in [2.24, 2.45) is 5.14 Å². The van der Waals surface area contributed by atoms with Gasteiger partial charge in [0.1, 0.15) is 10.7 Å². The SMILES string of the molecule is NS(=O)(=O)c1cc(F)ccc1N(C=Cc1cccc(C(F)(F)F)c1)S(=O)O. The average Bonchev–Trinajstić information content (AvgIpc) is 2.54. The normalized spacial score (nSPS) is 13.7. The van der Waals surface area contributed by atoms with Crippen LogP contribution in [0.3, 0.4) is 0 Å². The lowest BCUT2D eigenvalue weighted by Gasteiger charge is -2.18. The van der Waals surface area contributed by atoms with E-state index in [1.807, 2.05) is 0 Å².